The second-order valence-corrected chi connectivity index (χ2v) is 8.31. The molecule has 4 N–H and O–H groups in total. The van der Waals surface area contributed by atoms with E-state index >= 15 is 0 Å². The lowest BCUT2D eigenvalue weighted by Crippen LogP contribution is -2.08. The summed E-state index contributed by atoms with van der Waals surface area (Å²) in [4.78, 5) is 0. The summed E-state index contributed by atoms with van der Waals surface area (Å²) in [5.74, 6) is 0. The first-order valence-electron chi connectivity index (χ1n) is 9.97. The van der Waals surface area contributed by atoms with Crippen molar-refractivity contribution in [2.24, 2.45) is 0 Å². The van der Waals surface area contributed by atoms with Gasteiger partial charge in [-0.1, -0.05) is 70.7 Å². The van der Waals surface area contributed by atoms with E-state index in [1.54, 1.807) is 0 Å². The number of hydrogen-bond acceptors (Lipinski definition) is 2. The fourth-order valence-electron chi connectivity index (χ4n) is 3.70. The predicted octanol–water partition coefficient (Wildman–Crippen LogP) is 6.92. The van der Waals surface area contributed by atoms with E-state index in [2.05, 4.69) is 70.0 Å². The molecule has 148 valence electrons. The Morgan fingerprint density at radius 2 is 1.07 bits per heavy atom. The van der Waals surface area contributed by atoms with Crippen LogP contribution < -0.4 is 11.5 Å². The van der Waals surface area contributed by atoms with Crippen LogP contribution in [-0.4, -0.2) is 0 Å². The second kappa shape index (κ2) is 11.1. The van der Waals surface area contributed by atoms with Gasteiger partial charge in [0, 0.05) is 22.0 Å². The van der Waals surface area contributed by atoms with Crippen molar-refractivity contribution in [1.82, 2.24) is 0 Å². The Hall–Kier alpha value is -1.00. The Bertz CT molecular complexity index is 693. The number of nitrogen functional groups attached to an aromatic ring is 2. The van der Waals surface area contributed by atoms with Crippen LogP contribution >= 0.6 is 31.9 Å². The van der Waals surface area contributed by atoms with Gasteiger partial charge in [0.25, 0.3) is 0 Å². The molecule has 2 aromatic rings. The van der Waals surface area contributed by atoms with Crippen LogP contribution in [0, 0.1) is 0 Å². The molecule has 4 heteroatoms. The van der Waals surface area contributed by atoms with Gasteiger partial charge in [0.1, 0.15) is 0 Å². The molecule has 0 unspecified atom stereocenters. The lowest BCUT2D eigenvalue weighted by Gasteiger charge is -2.19. The molecule has 0 saturated carbocycles. The first-order chi connectivity index (χ1) is 13.1. The monoisotopic (exact) mass is 494 g/mol. The van der Waals surface area contributed by atoms with Gasteiger partial charge in [-0.2, -0.15) is 0 Å². The maximum absolute atomic E-state index is 6.27. The molecule has 0 atom stereocenters. The maximum Gasteiger partial charge on any atom is 0.0358 e. The molecule has 2 aromatic carbocycles. The summed E-state index contributed by atoms with van der Waals surface area (Å²) in [7, 11) is 0. The number of rotatable bonds is 10. The number of halogens is 2. The van der Waals surface area contributed by atoms with Gasteiger partial charge in [-0.05, 0) is 77.6 Å². The topological polar surface area (TPSA) is 52.0 Å². The van der Waals surface area contributed by atoms with E-state index in [-0.39, 0.29) is 0 Å². The summed E-state index contributed by atoms with van der Waals surface area (Å²) in [5, 5.41) is 1.62. The lowest BCUT2D eigenvalue weighted by atomic mass is 9.88. The van der Waals surface area contributed by atoms with Gasteiger partial charge >= 0.3 is 0 Å². The quantitative estimate of drug-likeness (QED) is 0.277. The number of benzene rings is 2. The summed E-state index contributed by atoms with van der Waals surface area (Å²) < 4.78 is 0. The molecule has 27 heavy (non-hydrogen) atoms. The Balaban J connectivity index is 2.49. The van der Waals surface area contributed by atoms with Gasteiger partial charge < -0.3 is 11.5 Å². The largest absolute Gasteiger partial charge is 0.398 e. The smallest absolute Gasteiger partial charge is 0.0358 e. The molecule has 0 amide bonds. The van der Waals surface area contributed by atoms with E-state index in [1.807, 2.05) is 0 Å². The van der Waals surface area contributed by atoms with Gasteiger partial charge in [-0.3, -0.25) is 0 Å². The van der Waals surface area contributed by atoms with E-state index in [0.29, 0.717) is 0 Å². The van der Waals surface area contributed by atoms with E-state index in [0.717, 1.165) is 41.3 Å². The molecule has 0 bridgehead atoms. The van der Waals surface area contributed by atoms with Crippen molar-refractivity contribution < 1.29 is 0 Å². The molecule has 0 radical (unpaired) electrons. The molecule has 0 aliphatic carbocycles. The highest BCUT2D eigenvalue weighted by atomic mass is 79.9. The molecule has 0 aromatic heterocycles. The van der Waals surface area contributed by atoms with Crippen LogP contribution in [0.3, 0.4) is 0 Å². The van der Waals surface area contributed by atoms with Crippen molar-refractivity contribution in [3.63, 3.8) is 0 Å². The van der Waals surface area contributed by atoms with Gasteiger partial charge in [0.15, 0.2) is 0 Å². The third-order valence-corrected chi connectivity index (χ3v) is 6.46. The zero-order chi connectivity index (χ0) is 19.8. The normalized spacial score (nSPS) is 11.1. The summed E-state index contributed by atoms with van der Waals surface area (Å²) in [6.07, 6.45) is 7.87. The van der Waals surface area contributed by atoms with Gasteiger partial charge in [0.2, 0.25) is 0 Å². The number of nitrogens with two attached hydrogens (primary N) is 2. The van der Waals surface area contributed by atoms with Crippen molar-refractivity contribution in [3.05, 3.63) is 57.6 Å². The summed E-state index contributed by atoms with van der Waals surface area (Å²) in [6.45, 7) is 4.48. The predicted molar refractivity (Wildman–Crippen MR) is 127 cm³/mol. The van der Waals surface area contributed by atoms with Crippen molar-refractivity contribution in [2.75, 3.05) is 11.5 Å². The summed E-state index contributed by atoms with van der Waals surface area (Å²) in [6, 6.07) is 8.58. The first-order valence-corrected chi connectivity index (χ1v) is 12.2. The Morgan fingerprint density at radius 1 is 0.667 bits per heavy atom. The van der Waals surface area contributed by atoms with Crippen LogP contribution in [0.4, 0.5) is 11.4 Å². The SMILES string of the molecule is CCCCc1c(Cc2ccc(N)c(CBr)c2CCCC)ccc(N)c1CBr. The van der Waals surface area contributed by atoms with E-state index in [1.165, 1.54) is 59.1 Å². The van der Waals surface area contributed by atoms with Crippen LogP contribution in [0.2, 0.25) is 0 Å². The molecule has 2 rings (SSSR count). The fraction of sp³-hybridized carbons (Fsp3) is 0.478. The number of hydrogen-bond donors (Lipinski definition) is 2. The molecule has 0 saturated heterocycles. The number of unbranched alkanes of at least 4 members (excludes halogenated alkanes) is 2. The van der Waals surface area contributed by atoms with Crippen molar-refractivity contribution in [3.8, 4) is 0 Å². The number of alkyl halides is 2. The second-order valence-electron chi connectivity index (χ2n) is 7.19. The molecular weight excluding hydrogens is 464 g/mol. The van der Waals surface area contributed by atoms with Crippen LogP contribution in [0.25, 0.3) is 0 Å². The maximum atomic E-state index is 6.27. The third kappa shape index (κ3) is 5.51. The van der Waals surface area contributed by atoms with Crippen molar-refractivity contribution in [2.45, 2.75) is 69.5 Å². The third-order valence-electron chi connectivity index (χ3n) is 5.34. The molecule has 0 aliphatic rings. The van der Waals surface area contributed by atoms with Crippen LogP contribution in [0.5, 0.6) is 0 Å². The first kappa shape index (κ1) is 22.3. The van der Waals surface area contributed by atoms with Crippen LogP contribution in [0.15, 0.2) is 24.3 Å². The summed E-state index contributed by atoms with van der Waals surface area (Å²) >= 11 is 7.30. The van der Waals surface area contributed by atoms with E-state index in [4.69, 9.17) is 11.5 Å². The summed E-state index contributed by atoms with van der Waals surface area (Å²) in [5.41, 5.74) is 22.5. The zero-order valence-electron chi connectivity index (χ0n) is 16.6. The Morgan fingerprint density at radius 3 is 1.41 bits per heavy atom. The van der Waals surface area contributed by atoms with Crippen molar-refractivity contribution in [1.29, 1.82) is 0 Å². The highest BCUT2D eigenvalue weighted by Gasteiger charge is 2.15. The van der Waals surface area contributed by atoms with Crippen LogP contribution in [0.1, 0.15) is 72.9 Å². The van der Waals surface area contributed by atoms with Crippen molar-refractivity contribution >= 4 is 43.2 Å². The highest BCUT2D eigenvalue weighted by Crippen LogP contribution is 2.31. The minimum atomic E-state index is 0.808. The molecule has 2 nitrogen and oxygen atoms in total. The molecular formula is C23H32Br2N2. The average molecular weight is 496 g/mol. The van der Waals surface area contributed by atoms with Gasteiger partial charge in [-0.25, -0.2) is 0 Å². The molecule has 0 heterocycles. The fourth-order valence-corrected chi connectivity index (χ4v) is 5.03. The van der Waals surface area contributed by atoms with Gasteiger partial charge in [0.05, 0.1) is 0 Å². The standard InChI is InChI=1S/C23H32Br2N2/c1-3-5-7-18-16(9-11-22(26)20(18)14-24)13-17-10-12-23(27)21(15-25)19(17)8-6-4-2/h9-12H,3-8,13-15,26-27H2,1-2H3. The molecule has 0 aliphatic heterocycles. The molecule has 0 spiro atoms. The lowest BCUT2D eigenvalue weighted by molar-refractivity contribution is 0.776. The van der Waals surface area contributed by atoms with Gasteiger partial charge in [-0.15, -0.1) is 0 Å². The average Bonchev–Trinajstić information content (AvgIpc) is 2.67. The Kier molecular flexibility index (Phi) is 9.17. The van der Waals surface area contributed by atoms with E-state index in [9.17, 15) is 0 Å². The minimum Gasteiger partial charge on any atom is -0.398 e. The van der Waals surface area contributed by atoms with Crippen LogP contribution in [-0.2, 0) is 29.9 Å². The molecule has 0 fully saturated rings. The number of anilines is 2. The highest BCUT2D eigenvalue weighted by molar-refractivity contribution is 9.08. The minimum absolute atomic E-state index is 0.808. The zero-order valence-corrected chi connectivity index (χ0v) is 19.8. The van der Waals surface area contributed by atoms with E-state index < -0.39 is 0 Å². The Labute approximate surface area is 181 Å².